The number of aryl methyl sites for hydroxylation is 1. The molecule has 3 unspecified atom stereocenters. The van der Waals surface area contributed by atoms with Crippen molar-refractivity contribution >= 4 is 23.0 Å². The number of hydrogen-bond acceptors (Lipinski definition) is 4. The summed E-state index contributed by atoms with van der Waals surface area (Å²) < 4.78 is 55.8. The van der Waals surface area contributed by atoms with Crippen LogP contribution in [0.4, 0.5) is 28.9 Å². The fourth-order valence-electron chi connectivity index (χ4n) is 6.23. The van der Waals surface area contributed by atoms with Gasteiger partial charge in [-0.15, -0.1) is 0 Å². The Balaban J connectivity index is 1.19. The molecule has 0 N–H and O–H groups in total. The number of hydrogen-bond donors (Lipinski definition) is 0. The van der Waals surface area contributed by atoms with Gasteiger partial charge in [0, 0.05) is 73.7 Å². The molecule has 40 heavy (non-hydrogen) atoms. The van der Waals surface area contributed by atoms with E-state index in [1.165, 1.54) is 17.8 Å². The number of aromatic nitrogens is 2. The van der Waals surface area contributed by atoms with Crippen molar-refractivity contribution in [3.63, 3.8) is 0 Å². The van der Waals surface area contributed by atoms with Gasteiger partial charge in [-0.05, 0) is 61.6 Å². The molecule has 3 heterocycles. The number of benzene rings is 2. The van der Waals surface area contributed by atoms with Crippen LogP contribution < -0.4 is 9.80 Å². The van der Waals surface area contributed by atoms with Crippen LogP contribution in [0.1, 0.15) is 36.6 Å². The summed E-state index contributed by atoms with van der Waals surface area (Å²) in [6, 6.07) is 13.8. The normalized spacial score (nSPS) is 24.0. The number of nitrogens with zero attached hydrogens (tertiary/aromatic N) is 5. The zero-order valence-electron chi connectivity index (χ0n) is 22.5. The molecule has 5 nitrogen and oxygen atoms in total. The third-order valence-electron chi connectivity index (χ3n) is 8.53. The Kier molecular flexibility index (Phi) is 7.46. The minimum absolute atomic E-state index is 0.144. The second-order valence-electron chi connectivity index (χ2n) is 11.4. The lowest BCUT2D eigenvalue weighted by atomic mass is 9.99. The summed E-state index contributed by atoms with van der Waals surface area (Å²) in [7, 11) is 0. The van der Waals surface area contributed by atoms with E-state index in [0.29, 0.717) is 24.4 Å². The quantitative estimate of drug-likeness (QED) is 0.300. The lowest BCUT2D eigenvalue weighted by Gasteiger charge is -2.37. The Morgan fingerprint density at radius 1 is 0.975 bits per heavy atom. The third-order valence-corrected chi connectivity index (χ3v) is 8.77. The summed E-state index contributed by atoms with van der Waals surface area (Å²) in [5, 5.41) is 4.72. The van der Waals surface area contributed by atoms with Crippen LogP contribution in [0.3, 0.4) is 0 Å². The maximum absolute atomic E-state index is 13.8. The predicted molar refractivity (Wildman–Crippen MR) is 151 cm³/mol. The molecule has 1 aliphatic carbocycles. The van der Waals surface area contributed by atoms with Crippen LogP contribution >= 0.6 is 11.6 Å². The Bertz CT molecular complexity index is 1330. The zero-order chi connectivity index (χ0) is 28.0. The van der Waals surface area contributed by atoms with Crippen molar-refractivity contribution in [1.29, 1.82) is 0 Å². The fraction of sp³-hybridized carbons (Fsp3) is 0.500. The first-order chi connectivity index (χ1) is 19.2. The largest absolute Gasteiger partial charge is 0.433 e. The monoisotopic (exact) mass is 575 g/mol. The molecule has 3 aliphatic rings. The Morgan fingerprint density at radius 3 is 2.38 bits per heavy atom. The van der Waals surface area contributed by atoms with Crippen molar-refractivity contribution in [1.82, 2.24) is 14.7 Å². The smallest absolute Gasteiger partial charge is 0.369 e. The summed E-state index contributed by atoms with van der Waals surface area (Å²) in [5.74, 6) is 0.227. The molecule has 2 saturated heterocycles. The SMILES string of the molecule is Cc1cnn(C2CCCN(c3cc(Cl)ccc3-c3ccc(N4CCN(CC5CC5F)CC4)cc3)C2)c1C(F)(F)F. The summed E-state index contributed by atoms with van der Waals surface area (Å²) in [5.41, 5.74) is 3.58. The lowest BCUT2D eigenvalue weighted by Crippen LogP contribution is -2.47. The Hall–Kier alpha value is -2.78. The maximum Gasteiger partial charge on any atom is 0.433 e. The minimum Gasteiger partial charge on any atom is -0.369 e. The molecule has 3 atom stereocenters. The topological polar surface area (TPSA) is 27.5 Å². The molecule has 1 saturated carbocycles. The van der Waals surface area contributed by atoms with Crippen LogP contribution in [0.15, 0.2) is 48.7 Å². The van der Waals surface area contributed by atoms with Crippen molar-refractivity contribution in [2.45, 2.75) is 44.6 Å². The van der Waals surface area contributed by atoms with Gasteiger partial charge in [-0.25, -0.2) is 4.39 Å². The summed E-state index contributed by atoms with van der Waals surface area (Å²) in [4.78, 5) is 6.87. The summed E-state index contributed by atoms with van der Waals surface area (Å²) in [6.07, 6.45) is -1.65. The second kappa shape index (κ2) is 10.9. The van der Waals surface area contributed by atoms with E-state index < -0.39 is 18.0 Å². The van der Waals surface area contributed by atoms with Crippen LogP contribution in [0.2, 0.25) is 5.02 Å². The number of piperidine rings is 1. The van der Waals surface area contributed by atoms with Crippen LogP contribution in [0.25, 0.3) is 11.1 Å². The Morgan fingerprint density at radius 2 is 1.70 bits per heavy atom. The third kappa shape index (κ3) is 5.68. The second-order valence-corrected chi connectivity index (χ2v) is 11.8. The molecule has 3 aromatic rings. The van der Waals surface area contributed by atoms with Gasteiger partial charge < -0.3 is 9.80 Å². The van der Waals surface area contributed by atoms with Crippen molar-refractivity contribution in [3.8, 4) is 11.1 Å². The molecule has 3 fully saturated rings. The van der Waals surface area contributed by atoms with Crippen LogP contribution in [0.5, 0.6) is 0 Å². The van der Waals surface area contributed by atoms with Crippen molar-refractivity contribution < 1.29 is 17.6 Å². The van der Waals surface area contributed by atoms with E-state index in [1.54, 1.807) is 0 Å². The Labute approximate surface area is 237 Å². The van der Waals surface area contributed by atoms with E-state index in [2.05, 4.69) is 44.1 Å². The molecule has 2 aromatic carbocycles. The zero-order valence-corrected chi connectivity index (χ0v) is 23.3. The van der Waals surface area contributed by atoms with Gasteiger partial charge in [0.05, 0.1) is 12.2 Å². The molecule has 0 amide bonds. The van der Waals surface area contributed by atoms with Crippen LogP contribution in [0, 0.1) is 12.8 Å². The van der Waals surface area contributed by atoms with Gasteiger partial charge in [0.25, 0.3) is 0 Å². The minimum atomic E-state index is -4.45. The van der Waals surface area contributed by atoms with Crippen LogP contribution in [-0.2, 0) is 6.18 Å². The van der Waals surface area contributed by atoms with Gasteiger partial charge in [-0.1, -0.05) is 29.8 Å². The van der Waals surface area contributed by atoms with Crippen LogP contribution in [-0.4, -0.2) is 66.7 Å². The molecule has 1 aromatic heterocycles. The van der Waals surface area contributed by atoms with Gasteiger partial charge in [0.2, 0.25) is 0 Å². The molecule has 0 spiro atoms. The number of rotatable bonds is 6. The molecule has 2 aliphatic heterocycles. The van der Waals surface area contributed by atoms with Gasteiger partial charge in [0.1, 0.15) is 11.9 Å². The average Bonchev–Trinajstić information content (AvgIpc) is 3.48. The first-order valence-corrected chi connectivity index (χ1v) is 14.4. The van der Waals surface area contributed by atoms with Gasteiger partial charge in [-0.2, -0.15) is 18.3 Å². The van der Waals surface area contributed by atoms with Gasteiger partial charge in [-0.3, -0.25) is 9.58 Å². The molecule has 214 valence electrons. The highest BCUT2D eigenvalue weighted by Gasteiger charge is 2.40. The standard InChI is InChI=1S/C30H34ClF4N5/c1-20-17-36-40(29(20)30(33,34)35)25-3-2-10-39(19-25)28-16-23(31)6-9-26(28)21-4-7-24(8-5-21)38-13-11-37(12-14-38)18-22-15-27(22)32/h4-9,16-17,22,25,27H,2-3,10-15,18-19H2,1H3. The van der Waals surface area contributed by atoms with Gasteiger partial charge in [0.15, 0.2) is 0 Å². The molecule has 6 rings (SSSR count). The fourth-order valence-corrected chi connectivity index (χ4v) is 6.40. The number of anilines is 2. The summed E-state index contributed by atoms with van der Waals surface area (Å²) in [6.45, 7) is 7.18. The maximum atomic E-state index is 13.8. The highest BCUT2D eigenvalue weighted by molar-refractivity contribution is 6.31. The highest BCUT2D eigenvalue weighted by Crippen LogP contribution is 2.39. The van der Waals surface area contributed by atoms with E-state index in [4.69, 9.17) is 11.6 Å². The first kappa shape index (κ1) is 27.4. The average molecular weight is 576 g/mol. The lowest BCUT2D eigenvalue weighted by molar-refractivity contribution is -0.145. The molecular formula is C30H34ClF4N5. The molecular weight excluding hydrogens is 542 g/mol. The number of halogens is 5. The van der Waals surface area contributed by atoms with Crippen molar-refractivity contribution in [3.05, 3.63) is 64.9 Å². The van der Waals surface area contributed by atoms with Gasteiger partial charge >= 0.3 is 6.18 Å². The predicted octanol–water partition coefficient (Wildman–Crippen LogP) is 6.85. The van der Waals surface area contributed by atoms with Crippen molar-refractivity contribution in [2.24, 2.45) is 5.92 Å². The highest BCUT2D eigenvalue weighted by atomic mass is 35.5. The number of alkyl halides is 4. The van der Waals surface area contributed by atoms with E-state index in [-0.39, 0.29) is 17.5 Å². The first-order valence-electron chi connectivity index (χ1n) is 14.0. The molecule has 0 radical (unpaired) electrons. The van der Waals surface area contributed by atoms with E-state index in [1.807, 2.05) is 18.2 Å². The molecule has 0 bridgehead atoms. The van der Waals surface area contributed by atoms with E-state index in [9.17, 15) is 17.6 Å². The van der Waals surface area contributed by atoms with E-state index in [0.717, 1.165) is 68.2 Å². The number of piperazine rings is 1. The van der Waals surface area contributed by atoms with E-state index >= 15 is 0 Å². The molecule has 10 heteroatoms. The van der Waals surface area contributed by atoms with Crippen molar-refractivity contribution in [2.75, 3.05) is 55.6 Å². The summed E-state index contributed by atoms with van der Waals surface area (Å²) >= 11 is 6.42.